The highest BCUT2D eigenvalue weighted by molar-refractivity contribution is 5.92. The van der Waals surface area contributed by atoms with Crippen LogP contribution in [0.15, 0.2) is 42.7 Å². The summed E-state index contributed by atoms with van der Waals surface area (Å²) in [5.41, 5.74) is 0.630. The molecule has 26 heavy (non-hydrogen) atoms. The zero-order chi connectivity index (χ0) is 19.1. The van der Waals surface area contributed by atoms with Crippen LogP contribution in [0.5, 0.6) is 0 Å². The normalized spacial score (nSPS) is 10.5. The molecular weight excluding hydrogens is 340 g/mol. The highest BCUT2D eigenvalue weighted by Crippen LogP contribution is 2.23. The van der Waals surface area contributed by atoms with Crippen LogP contribution in [-0.2, 0) is 16.0 Å². The van der Waals surface area contributed by atoms with Gasteiger partial charge in [-0.25, -0.2) is 8.78 Å². The summed E-state index contributed by atoms with van der Waals surface area (Å²) in [5, 5.41) is 0. The second-order valence-corrected chi connectivity index (χ2v) is 5.91. The van der Waals surface area contributed by atoms with Crippen LogP contribution in [0, 0.1) is 11.6 Å². The molecule has 0 unspecified atom stereocenters. The van der Waals surface area contributed by atoms with Crippen LogP contribution in [0.1, 0.15) is 18.9 Å². The summed E-state index contributed by atoms with van der Waals surface area (Å²) in [5.74, 6) is -2.40. The zero-order valence-electron chi connectivity index (χ0n) is 14.8. The number of nitrogens with zero attached hydrogens (tertiary/aromatic N) is 3. The molecule has 0 spiro atoms. The summed E-state index contributed by atoms with van der Waals surface area (Å²) in [6.07, 6.45) is 4.01. The van der Waals surface area contributed by atoms with Gasteiger partial charge in [-0.1, -0.05) is 6.07 Å². The molecule has 0 saturated heterocycles. The van der Waals surface area contributed by atoms with Crippen molar-refractivity contribution in [2.24, 2.45) is 0 Å². The number of benzene rings is 1. The van der Waals surface area contributed by atoms with Gasteiger partial charge in [0.15, 0.2) is 0 Å². The quantitative estimate of drug-likeness (QED) is 0.762. The van der Waals surface area contributed by atoms with Crippen molar-refractivity contribution < 1.29 is 18.4 Å². The summed E-state index contributed by atoms with van der Waals surface area (Å²) >= 11 is 0. The van der Waals surface area contributed by atoms with E-state index in [4.69, 9.17) is 0 Å². The first-order chi connectivity index (χ1) is 12.4. The van der Waals surface area contributed by atoms with E-state index in [0.717, 1.165) is 22.6 Å². The third-order valence-corrected chi connectivity index (χ3v) is 4.05. The van der Waals surface area contributed by atoms with E-state index in [0.29, 0.717) is 13.0 Å². The average molecular weight is 361 g/mol. The molecule has 1 aromatic heterocycles. The number of anilines is 1. The van der Waals surface area contributed by atoms with E-state index < -0.39 is 23.2 Å². The Kier molecular flexibility index (Phi) is 6.77. The number of aromatic nitrogens is 1. The molecule has 0 aliphatic rings. The fraction of sp³-hybridized carbons (Fsp3) is 0.316. The van der Waals surface area contributed by atoms with Gasteiger partial charge in [-0.3, -0.25) is 14.6 Å². The van der Waals surface area contributed by atoms with Gasteiger partial charge in [0.25, 0.3) is 0 Å². The van der Waals surface area contributed by atoms with Crippen LogP contribution >= 0.6 is 0 Å². The molecule has 0 atom stereocenters. The highest BCUT2D eigenvalue weighted by atomic mass is 19.1. The molecule has 0 aliphatic carbocycles. The van der Waals surface area contributed by atoms with Crippen molar-refractivity contribution in [2.45, 2.75) is 19.8 Å². The van der Waals surface area contributed by atoms with Crippen molar-refractivity contribution in [3.63, 3.8) is 0 Å². The van der Waals surface area contributed by atoms with Gasteiger partial charge in [-0.05, 0) is 36.2 Å². The van der Waals surface area contributed by atoms with Crippen molar-refractivity contribution in [1.29, 1.82) is 0 Å². The van der Waals surface area contributed by atoms with Crippen molar-refractivity contribution in [3.05, 3.63) is 59.9 Å². The second-order valence-electron chi connectivity index (χ2n) is 5.91. The number of pyridine rings is 1. The van der Waals surface area contributed by atoms with Crippen LogP contribution in [0.3, 0.4) is 0 Å². The van der Waals surface area contributed by atoms with Gasteiger partial charge in [0, 0.05) is 45.9 Å². The maximum Gasteiger partial charge on any atom is 0.224 e. The molecule has 0 aliphatic heterocycles. The van der Waals surface area contributed by atoms with Gasteiger partial charge < -0.3 is 9.80 Å². The standard InChI is InChI=1S/C19H21F2N3O2/c1-14(25)24(19-16(20)4-3-5-17(19)21)13-9-18(26)23(2)12-8-15-6-10-22-11-7-15/h3-7,10-11H,8-9,12-13H2,1-2H3. The molecule has 7 heteroatoms. The van der Waals surface area contributed by atoms with Crippen molar-refractivity contribution in [1.82, 2.24) is 9.88 Å². The van der Waals surface area contributed by atoms with Gasteiger partial charge in [0.1, 0.15) is 17.3 Å². The van der Waals surface area contributed by atoms with Gasteiger partial charge in [-0.15, -0.1) is 0 Å². The summed E-state index contributed by atoms with van der Waals surface area (Å²) < 4.78 is 27.8. The van der Waals surface area contributed by atoms with Crippen LogP contribution in [0.25, 0.3) is 0 Å². The van der Waals surface area contributed by atoms with E-state index in [2.05, 4.69) is 4.98 Å². The van der Waals surface area contributed by atoms with Gasteiger partial charge in [0.2, 0.25) is 11.8 Å². The first-order valence-corrected chi connectivity index (χ1v) is 8.25. The van der Waals surface area contributed by atoms with Crippen molar-refractivity contribution in [3.8, 4) is 0 Å². The molecule has 2 aromatic rings. The maximum absolute atomic E-state index is 13.9. The lowest BCUT2D eigenvalue weighted by molar-refractivity contribution is -0.129. The smallest absolute Gasteiger partial charge is 0.224 e. The van der Waals surface area contributed by atoms with Crippen LogP contribution in [0.2, 0.25) is 0 Å². The van der Waals surface area contributed by atoms with Crippen LogP contribution < -0.4 is 4.90 Å². The van der Waals surface area contributed by atoms with Gasteiger partial charge >= 0.3 is 0 Å². The van der Waals surface area contributed by atoms with Crippen molar-refractivity contribution >= 4 is 17.5 Å². The largest absolute Gasteiger partial charge is 0.345 e. The number of amides is 2. The fourth-order valence-corrected chi connectivity index (χ4v) is 2.54. The molecule has 0 radical (unpaired) electrons. The highest BCUT2D eigenvalue weighted by Gasteiger charge is 2.21. The number of likely N-dealkylation sites (N-methyl/N-ethyl adjacent to an activating group) is 1. The molecule has 1 aromatic carbocycles. The number of carbonyl (C=O) groups is 2. The minimum absolute atomic E-state index is 0.0276. The molecule has 0 fully saturated rings. The Bertz CT molecular complexity index is 748. The Labute approximate surface area is 151 Å². The number of carbonyl (C=O) groups excluding carboxylic acids is 2. The molecule has 2 amide bonds. The lowest BCUT2D eigenvalue weighted by Crippen LogP contribution is -2.36. The maximum atomic E-state index is 13.9. The average Bonchev–Trinajstić information content (AvgIpc) is 2.62. The predicted octanol–water partition coefficient (Wildman–Crippen LogP) is 2.80. The Balaban J connectivity index is 1.96. The minimum Gasteiger partial charge on any atom is -0.345 e. The first kappa shape index (κ1) is 19.5. The summed E-state index contributed by atoms with van der Waals surface area (Å²) in [7, 11) is 1.66. The molecular formula is C19H21F2N3O2. The number of hydrogen-bond acceptors (Lipinski definition) is 3. The summed E-state index contributed by atoms with van der Waals surface area (Å²) in [4.78, 5) is 30.5. The van der Waals surface area contributed by atoms with Crippen molar-refractivity contribution in [2.75, 3.05) is 25.0 Å². The summed E-state index contributed by atoms with van der Waals surface area (Å²) in [6, 6.07) is 7.13. The summed E-state index contributed by atoms with van der Waals surface area (Å²) in [6.45, 7) is 1.62. The fourth-order valence-electron chi connectivity index (χ4n) is 2.54. The van der Waals surface area contributed by atoms with E-state index in [9.17, 15) is 18.4 Å². The molecule has 0 N–H and O–H groups in total. The van der Waals surface area contributed by atoms with E-state index in [1.807, 2.05) is 12.1 Å². The Morgan fingerprint density at radius 3 is 2.23 bits per heavy atom. The topological polar surface area (TPSA) is 53.5 Å². The Morgan fingerprint density at radius 1 is 1.04 bits per heavy atom. The van der Waals surface area contributed by atoms with E-state index in [1.54, 1.807) is 19.4 Å². The third kappa shape index (κ3) is 5.08. The number of hydrogen-bond donors (Lipinski definition) is 0. The number of para-hydroxylation sites is 1. The Hall–Kier alpha value is -2.83. The molecule has 5 nitrogen and oxygen atoms in total. The lowest BCUT2D eigenvalue weighted by atomic mass is 10.2. The molecule has 0 bridgehead atoms. The van der Waals surface area contributed by atoms with E-state index >= 15 is 0 Å². The third-order valence-electron chi connectivity index (χ3n) is 4.05. The molecule has 1 heterocycles. The lowest BCUT2D eigenvalue weighted by Gasteiger charge is -2.24. The van der Waals surface area contributed by atoms with E-state index in [-0.39, 0.29) is 18.9 Å². The van der Waals surface area contributed by atoms with Crippen LogP contribution in [-0.4, -0.2) is 41.8 Å². The number of halogens is 2. The molecule has 138 valence electrons. The van der Waals surface area contributed by atoms with Gasteiger partial charge in [0.05, 0.1) is 0 Å². The number of rotatable bonds is 7. The predicted molar refractivity (Wildman–Crippen MR) is 94.6 cm³/mol. The SMILES string of the molecule is CC(=O)N(CCC(=O)N(C)CCc1ccncc1)c1c(F)cccc1F. The van der Waals surface area contributed by atoms with Crippen LogP contribution in [0.4, 0.5) is 14.5 Å². The molecule has 0 saturated carbocycles. The second kappa shape index (κ2) is 9.03. The van der Waals surface area contributed by atoms with Gasteiger partial charge in [-0.2, -0.15) is 0 Å². The zero-order valence-corrected chi connectivity index (χ0v) is 14.8. The molecule has 2 rings (SSSR count). The minimum atomic E-state index is -0.835. The monoisotopic (exact) mass is 361 g/mol. The Morgan fingerprint density at radius 2 is 1.65 bits per heavy atom. The van der Waals surface area contributed by atoms with E-state index in [1.165, 1.54) is 17.9 Å². The first-order valence-electron chi connectivity index (χ1n) is 8.25.